The van der Waals surface area contributed by atoms with E-state index < -0.39 is 0 Å². The van der Waals surface area contributed by atoms with Gasteiger partial charge in [0.1, 0.15) is 6.54 Å². The second-order valence-electron chi connectivity index (χ2n) is 5.31. The van der Waals surface area contributed by atoms with Gasteiger partial charge in [0, 0.05) is 17.2 Å². The maximum Gasteiger partial charge on any atom is 0.157 e. The van der Waals surface area contributed by atoms with Crippen molar-refractivity contribution in [3.05, 3.63) is 59.7 Å². The van der Waals surface area contributed by atoms with E-state index in [0.29, 0.717) is 5.84 Å². The molecule has 0 heterocycles. The minimum atomic E-state index is 0.0504. The summed E-state index contributed by atoms with van der Waals surface area (Å²) in [4.78, 5) is 5.35. The van der Waals surface area contributed by atoms with E-state index in [9.17, 15) is 0 Å². The number of hydrazone groups is 1. The molecule has 2 rings (SSSR count). The number of nitriles is 1. The second kappa shape index (κ2) is 9.62. The number of hydrogen-bond acceptors (Lipinski definition) is 5. The van der Waals surface area contributed by atoms with Crippen LogP contribution in [0.25, 0.3) is 0 Å². The van der Waals surface area contributed by atoms with E-state index in [4.69, 9.17) is 10.4 Å². The molecule has 0 saturated carbocycles. The van der Waals surface area contributed by atoms with Gasteiger partial charge in [0.05, 0.1) is 11.8 Å². The third-order valence-corrected chi connectivity index (χ3v) is 4.15. The number of aryl methyl sites for hydroxylation is 1. The fourth-order valence-corrected chi connectivity index (χ4v) is 2.73. The van der Waals surface area contributed by atoms with Gasteiger partial charge in [-0.2, -0.15) is 10.4 Å². The van der Waals surface area contributed by atoms with E-state index in [1.165, 1.54) is 17.5 Å². The van der Waals surface area contributed by atoms with Crippen LogP contribution in [-0.4, -0.2) is 19.1 Å². The number of hydrogen-bond donors (Lipinski definition) is 1. The molecule has 128 valence electrons. The molecule has 0 saturated heterocycles. The maximum atomic E-state index is 8.93. The Morgan fingerprint density at radius 2 is 1.88 bits per heavy atom. The average molecular weight is 351 g/mol. The summed E-state index contributed by atoms with van der Waals surface area (Å²) >= 11 is 1.18. The molecule has 25 heavy (non-hydrogen) atoms. The Hall–Kier alpha value is -2.62. The fourth-order valence-electron chi connectivity index (χ4n) is 2.44. The molecule has 2 aromatic carbocycles. The van der Waals surface area contributed by atoms with Crippen LogP contribution in [0.4, 0.5) is 5.69 Å². The lowest BCUT2D eigenvalue weighted by Gasteiger charge is -2.21. The topological polar surface area (TPSA) is 77.8 Å². The zero-order valence-electron chi connectivity index (χ0n) is 14.2. The SMILES string of the molecule is C=NN(C(=NCC#N)c1ccc(CCC)cc1)c1ccc(SN)cc1. The molecule has 0 bridgehead atoms. The molecule has 0 atom stereocenters. The lowest BCUT2D eigenvalue weighted by Crippen LogP contribution is -2.26. The van der Waals surface area contributed by atoms with Crippen molar-refractivity contribution in [2.75, 3.05) is 11.6 Å². The normalized spacial score (nSPS) is 11.0. The highest BCUT2D eigenvalue weighted by Gasteiger charge is 2.15. The smallest absolute Gasteiger partial charge is 0.157 e. The minimum Gasteiger partial charge on any atom is -0.274 e. The summed E-state index contributed by atoms with van der Waals surface area (Å²) < 4.78 is 0. The highest BCUT2D eigenvalue weighted by atomic mass is 32.2. The summed E-state index contributed by atoms with van der Waals surface area (Å²) in [6.45, 7) is 5.87. The third kappa shape index (κ3) is 4.92. The molecule has 5 nitrogen and oxygen atoms in total. The Balaban J connectivity index is 2.39. The number of nitrogens with two attached hydrogens (primary N) is 1. The summed E-state index contributed by atoms with van der Waals surface area (Å²) in [5.74, 6) is 0.591. The van der Waals surface area contributed by atoms with E-state index in [-0.39, 0.29) is 6.54 Å². The average Bonchev–Trinajstić information content (AvgIpc) is 2.66. The Labute approximate surface area is 153 Å². The van der Waals surface area contributed by atoms with Gasteiger partial charge in [-0.25, -0.2) is 5.01 Å². The highest BCUT2D eigenvalue weighted by molar-refractivity contribution is 7.97. The molecule has 0 aliphatic rings. The molecule has 0 aromatic heterocycles. The van der Waals surface area contributed by atoms with Crippen molar-refractivity contribution in [3.63, 3.8) is 0 Å². The van der Waals surface area contributed by atoms with Gasteiger partial charge in [0.15, 0.2) is 5.84 Å². The minimum absolute atomic E-state index is 0.0504. The molecule has 0 amide bonds. The molecular formula is C19H21N5S. The lowest BCUT2D eigenvalue weighted by atomic mass is 10.1. The van der Waals surface area contributed by atoms with Crippen molar-refractivity contribution in [1.29, 1.82) is 5.26 Å². The van der Waals surface area contributed by atoms with Crippen LogP contribution in [0.5, 0.6) is 0 Å². The van der Waals surface area contributed by atoms with Crippen LogP contribution in [-0.2, 0) is 6.42 Å². The van der Waals surface area contributed by atoms with Crippen LogP contribution < -0.4 is 10.1 Å². The molecule has 0 fully saturated rings. The second-order valence-corrected chi connectivity index (χ2v) is 6.02. The fraction of sp³-hybridized carbons (Fsp3) is 0.211. The largest absolute Gasteiger partial charge is 0.274 e. The molecule has 0 aliphatic heterocycles. The molecule has 0 aliphatic carbocycles. The predicted octanol–water partition coefficient (Wildman–Crippen LogP) is 4.00. The number of rotatable bonds is 7. The van der Waals surface area contributed by atoms with Crippen LogP contribution in [0.1, 0.15) is 24.5 Å². The molecule has 6 heteroatoms. The summed E-state index contributed by atoms with van der Waals surface area (Å²) in [5, 5.41) is 20.2. The van der Waals surface area contributed by atoms with E-state index in [1.807, 2.05) is 36.4 Å². The van der Waals surface area contributed by atoms with E-state index in [2.05, 4.69) is 41.9 Å². The van der Waals surface area contributed by atoms with Gasteiger partial charge in [-0.3, -0.25) is 10.1 Å². The molecule has 2 aromatic rings. The first kappa shape index (κ1) is 18.7. The number of nitrogens with zero attached hydrogens (tertiary/aromatic N) is 4. The van der Waals surface area contributed by atoms with Gasteiger partial charge in [-0.1, -0.05) is 37.6 Å². The number of aliphatic imine (C=N–C) groups is 1. The first-order chi connectivity index (χ1) is 12.2. The monoisotopic (exact) mass is 351 g/mol. The Morgan fingerprint density at radius 1 is 1.20 bits per heavy atom. The Bertz CT molecular complexity index is 760. The summed E-state index contributed by atoms with van der Waals surface area (Å²) in [6.07, 6.45) is 2.13. The number of amidine groups is 1. The standard InChI is InChI=1S/C19H21N5S/c1-3-4-15-5-7-16(8-6-15)19(23-14-13-20)24(22-2)17-9-11-18(25-21)12-10-17/h5-12H,2-4,14,21H2,1H3. The number of benzene rings is 2. The lowest BCUT2D eigenvalue weighted by molar-refractivity contribution is 0.921. The summed E-state index contributed by atoms with van der Waals surface area (Å²) in [7, 11) is 0. The van der Waals surface area contributed by atoms with Gasteiger partial charge in [-0.15, -0.1) is 0 Å². The van der Waals surface area contributed by atoms with Gasteiger partial charge in [0.2, 0.25) is 0 Å². The third-order valence-electron chi connectivity index (χ3n) is 3.61. The van der Waals surface area contributed by atoms with Crippen LogP contribution in [0.15, 0.2) is 63.5 Å². The zero-order valence-corrected chi connectivity index (χ0v) is 15.0. The van der Waals surface area contributed by atoms with E-state index >= 15 is 0 Å². The van der Waals surface area contributed by atoms with Crippen molar-refractivity contribution in [2.45, 2.75) is 24.7 Å². The van der Waals surface area contributed by atoms with E-state index in [0.717, 1.165) is 29.0 Å². The first-order valence-corrected chi connectivity index (χ1v) is 8.85. The molecular weight excluding hydrogens is 330 g/mol. The zero-order chi connectivity index (χ0) is 18.1. The highest BCUT2D eigenvalue weighted by Crippen LogP contribution is 2.22. The predicted molar refractivity (Wildman–Crippen MR) is 106 cm³/mol. The van der Waals surface area contributed by atoms with Gasteiger partial charge >= 0.3 is 0 Å². The van der Waals surface area contributed by atoms with Crippen LogP contribution in [0.3, 0.4) is 0 Å². The van der Waals surface area contributed by atoms with Crippen LogP contribution >= 0.6 is 11.9 Å². The maximum absolute atomic E-state index is 8.93. The Kier molecular flexibility index (Phi) is 7.20. The van der Waals surface area contributed by atoms with Gasteiger partial charge in [-0.05, 0) is 48.2 Å². The van der Waals surface area contributed by atoms with Gasteiger partial charge < -0.3 is 0 Å². The molecule has 0 unspecified atom stereocenters. The van der Waals surface area contributed by atoms with Crippen molar-refractivity contribution >= 4 is 30.2 Å². The first-order valence-electron chi connectivity index (χ1n) is 7.97. The van der Waals surface area contributed by atoms with Gasteiger partial charge in [0.25, 0.3) is 0 Å². The molecule has 2 N–H and O–H groups in total. The van der Waals surface area contributed by atoms with Crippen molar-refractivity contribution < 1.29 is 0 Å². The van der Waals surface area contributed by atoms with Crippen LogP contribution in [0.2, 0.25) is 0 Å². The summed E-state index contributed by atoms with van der Waals surface area (Å²) in [5.41, 5.74) is 2.97. The Morgan fingerprint density at radius 3 is 2.40 bits per heavy atom. The van der Waals surface area contributed by atoms with Crippen LogP contribution in [0, 0.1) is 11.3 Å². The van der Waals surface area contributed by atoms with E-state index in [1.54, 1.807) is 5.01 Å². The van der Waals surface area contributed by atoms with Crippen molar-refractivity contribution in [1.82, 2.24) is 0 Å². The van der Waals surface area contributed by atoms with Crippen molar-refractivity contribution in [3.8, 4) is 6.07 Å². The quantitative estimate of drug-likeness (QED) is 0.269. The number of anilines is 1. The molecule has 0 radical (unpaired) electrons. The summed E-state index contributed by atoms with van der Waals surface area (Å²) in [6, 6.07) is 17.8. The molecule has 0 spiro atoms. The van der Waals surface area contributed by atoms with Crippen molar-refractivity contribution in [2.24, 2.45) is 15.2 Å².